The van der Waals surface area contributed by atoms with Gasteiger partial charge in [0.05, 0.1) is 6.04 Å². The molecule has 7 nitrogen and oxygen atoms in total. The summed E-state index contributed by atoms with van der Waals surface area (Å²) in [4.78, 5) is 45.5. The van der Waals surface area contributed by atoms with Crippen LogP contribution >= 0.6 is 12.4 Å². The maximum absolute atomic E-state index is 13.7. The van der Waals surface area contributed by atoms with E-state index in [-0.39, 0.29) is 80.0 Å². The van der Waals surface area contributed by atoms with Gasteiger partial charge in [-0.2, -0.15) is 0 Å². The van der Waals surface area contributed by atoms with E-state index >= 15 is 0 Å². The number of carbonyl (C=O) groups is 3. The fourth-order valence-corrected chi connectivity index (χ4v) is 7.55. The molecule has 1 aromatic rings. The van der Waals surface area contributed by atoms with Gasteiger partial charge in [-0.15, -0.1) is 12.4 Å². The maximum atomic E-state index is 13.7. The minimum atomic E-state index is -2.66. The van der Waals surface area contributed by atoms with Crippen LogP contribution in [-0.4, -0.2) is 75.7 Å². The van der Waals surface area contributed by atoms with Crippen molar-refractivity contribution in [2.75, 3.05) is 19.6 Å². The fourth-order valence-electron chi connectivity index (χ4n) is 7.55. The Morgan fingerprint density at radius 1 is 1.00 bits per heavy atom. The highest BCUT2D eigenvalue weighted by molar-refractivity contribution is 6.07. The van der Waals surface area contributed by atoms with E-state index in [0.29, 0.717) is 32.4 Å². The average Bonchev–Trinajstić information content (AvgIpc) is 3.27. The van der Waals surface area contributed by atoms with Gasteiger partial charge in [-0.1, -0.05) is 37.3 Å². The third-order valence-electron chi connectivity index (χ3n) is 9.59. The van der Waals surface area contributed by atoms with Crippen LogP contribution in [0.25, 0.3) is 0 Å². The Morgan fingerprint density at radius 3 is 2.20 bits per heavy atom. The molecule has 1 aromatic carbocycles. The van der Waals surface area contributed by atoms with Gasteiger partial charge >= 0.3 is 6.03 Å². The number of benzene rings is 1. The third-order valence-corrected chi connectivity index (χ3v) is 9.59. The largest absolute Gasteiger partial charge is 0.349 e. The van der Waals surface area contributed by atoms with Crippen LogP contribution in [0.1, 0.15) is 89.7 Å². The van der Waals surface area contributed by atoms with Crippen LogP contribution in [0.2, 0.25) is 0 Å². The average molecular weight is 581 g/mol. The van der Waals surface area contributed by atoms with Crippen molar-refractivity contribution in [1.82, 2.24) is 20.0 Å². The van der Waals surface area contributed by atoms with Crippen molar-refractivity contribution in [2.45, 2.75) is 108 Å². The first-order valence-electron chi connectivity index (χ1n) is 14.8. The molecule has 3 heterocycles. The summed E-state index contributed by atoms with van der Waals surface area (Å²) in [6, 6.07) is 9.92. The number of amides is 4. The molecule has 2 unspecified atom stereocenters. The predicted molar refractivity (Wildman–Crippen MR) is 151 cm³/mol. The van der Waals surface area contributed by atoms with Gasteiger partial charge in [0.2, 0.25) is 11.8 Å². The lowest BCUT2D eigenvalue weighted by Crippen LogP contribution is -2.60. The fraction of sp³-hybridized carbons (Fsp3) is 0.700. The minimum Gasteiger partial charge on any atom is -0.349 e. The van der Waals surface area contributed by atoms with Crippen molar-refractivity contribution in [3.8, 4) is 0 Å². The minimum absolute atomic E-state index is 0. The lowest BCUT2D eigenvalue weighted by molar-refractivity contribution is -0.137. The molecule has 4 aliphatic rings. The summed E-state index contributed by atoms with van der Waals surface area (Å²) in [5.74, 6) is -3.21. The number of alkyl halides is 2. The van der Waals surface area contributed by atoms with Crippen molar-refractivity contribution in [3.05, 3.63) is 35.9 Å². The van der Waals surface area contributed by atoms with E-state index in [4.69, 9.17) is 0 Å². The number of rotatable bonds is 9. The van der Waals surface area contributed by atoms with Gasteiger partial charge < -0.3 is 10.2 Å². The molecule has 0 radical (unpaired) electrons. The Hall–Kier alpha value is -2.26. The standard InChI is InChI=1S/C30H42F2N4O3.ClH/c1-3-17-36-28(39)34(4-2)27(38)29(36)19-23-10-11-24(20-29)35(23)18-14-25(21-8-6-5-7-9-21)33-26(37)22-12-15-30(31,32)16-13-22;/h5-9,22-25H,3-4,10-20H2,1-2H3,(H,33,37);1H/t23?,24?,25-,29?;/m0./s1. The van der Waals surface area contributed by atoms with Crippen molar-refractivity contribution in [2.24, 2.45) is 5.92 Å². The second-order valence-corrected chi connectivity index (χ2v) is 11.9. The Balaban J connectivity index is 0.00000370. The highest BCUT2D eigenvalue weighted by atomic mass is 35.5. The number of piperidine rings is 1. The summed E-state index contributed by atoms with van der Waals surface area (Å²) in [6.07, 6.45) is 4.80. The number of carbonyl (C=O) groups excluding carboxylic acids is 3. The molecule has 222 valence electrons. The molecule has 1 N–H and O–H groups in total. The Bertz CT molecular complexity index is 1050. The molecule has 3 atom stereocenters. The Kier molecular flexibility index (Phi) is 9.45. The SMILES string of the molecule is CCCN1C(=O)N(CC)C(=O)C12CC1CCC(C2)N1CC[C@H](NC(=O)C1CCC(F)(F)CC1)c1ccccc1.Cl. The number of hydrogen-bond donors (Lipinski definition) is 1. The molecule has 5 rings (SSSR count). The first kappa shape index (κ1) is 30.7. The van der Waals surface area contributed by atoms with E-state index in [0.717, 1.165) is 31.4 Å². The van der Waals surface area contributed by atoms with Gasteiger partial charge in [0.1, 0.15) is 5.54 Å². The first-order chi connectivity index (χ1) is 18.7. The molecule has 3 aliphatic heterocycles. The van der Waals surface area contributed by atoms with E-state index in [1.807, 2.05) is 49.1 Å². The van der Waals surface area contributed by atoms with Crippen LogP contribution in [0.3, 0.4) is 0 Å². The van der Waals surface area contributed by atoms with Crippen LogP contribution in [0.5, 0.6) is 0 Å². The number of hydrogen-bond acceptors (Lipinski definition) is 4. The van der Waals surface area contributed by atoms with Gasteiger partial charge in [-0.25, -0.2) is 13.6 Å². The van der Waals surface area contributed by atoms with Crippen molar-refractivity contribution < 1.29 is 23.2 Å². The zero-order valence-electron chi connectivity index (χ0n) is 23.6. The van der Waals surface area contributed by atoms with Crippen molar-refractivity contribution in [3.63, 3.8) is 0 Å². The molecule has 40 heavy (non-hydrogen) atoms. The summed E-state index contributed by atoms with van der Waals surface area (Å²) in [7, 11) is 0. The zero-order chi connectivity index (χ0) is 27.8. The smallest absolute Gasteiger partial charge is 0.327 e. The van der Waals surface area contributed by atoms with E-state index in [1.54, 1.807) is 0 Å². The summed E-state index contributed by atoms with van der Waals surface area (Å²) in [5.41, 5.74) is 0.277. The van der Waals surface area contributed by atoms with Crippen LogP contribution in [0, 0.1) is 5.92 Å². The van der Waals surface area contributed by atoms with Crippen LogP contribution < -0.4 is 5.32 Å². The topological polar surface area (TPSA) is 73.0 Å². The number of nitrogens with one attached hydrogen (secondary N) is 1. The van der Waals surface area contributed by atoms with E-state index in [1.165, 1.54) is 4.90 Å². The quantitative estimate of drug-likeness (QED) is 0.389. The van der Waals surface area contributed by atoms with Gasteiger partial charge in [0, 0.05) is 50.5 Å². The molecule has 3 saturated heterocycles. The Morgan fingerprint density at radius 2 is 1.62 bits per heavy atom. The molecule has 10 heteroatoms. The molecule has 4 amide bonds. The van der Waals surface area contributed by atoms with Gasteiger partial charge in [-0.3, -0.25) is 19.4 Å². The molecule has 2 bridgehead atoms. The van der Waals surface area contributed by atoms with E-state index < -0.39 is 11.5 Å². The highest BCUT2D eigenvalue weighted by Crippen LogP contribution is 2.47. The first-order valence-corrected chi connectivity index (χ1v) is 14.8. The molecule has 4 fully saturated rings. The predicted octanol–water partition coefficient (Wildman–Crippen LogP) is 5.54. The molecule has 1 spiro atoms. The number of nitrogens with zero attached hydrogens (tertiary/aromatic N) is 3. The second kappa shape index (κ2) is 12.3. The summed E-state index contributed by atoms with van der Waals surface area (Å²) in [6.45, 7) is 5.66. The Labute approximate surface area is 242 Å². The highest BCUT2D eigenvalue weighted by Gasteiger charge is 2.62. The number of halogens is 3. The molecular weight excluding hydrogens is 538 g/mol. The zero-order valence-corrected chi connectivity index (χ0v) is 24.4. The van der Waals surface area contributed by atoms with Crippen LogP contribution in [0.4, 0.5) is 13.6 Å². The second-order valence-electron chi connectivity index (χ2n) is 11.9. The monoisotopic (exact) mass is 580 g/mol. The summed E-state index contributed by atoms with van der Waals surface area (Å²) in [5, 5.41) is 3.19. The van der Waals surface area contributed by atoms with Crippen molar-refractivity contribution in [1.29, 1.82) is 0 Å². The normalized spacial score (nSPS) is 29.1. The summed E-state index contributed by atoms with van der Waals surface area (Å²) < 4.78 is 27.3. The number of likely N-dealkylation sites (N-methyl/N-ethyl adjacent to an activating group) is 1. The van der Waals surface area contributed by atoms with Crippen LogP contribution in [-0.2, 0) is 9.59 Å². The van der Waals surface area contributed by atoms with E-state index in [9.17, 15) is 23.2 Å². The number of fused-ring (bicyclic) bond motifs is 2. The lowest BCUT2D eigenvalue weighted by Gasteiger charge is -2.47. The molecule has 1 saturated carbocycles. The molecule has 1 aliphatic carbocycles. The van der Waals surface area contributed by atoms with Gasteiger partial charge in [0.15, 0.2) is 0 Å². The van der Waals surface area contributed by atoms with Crippen LogP contribution in [0.15, 0.2) is 30.3 Å². The maximum Gasteiger partial charge on any atom is 0.327 e. The van der Waals surface area contributed by atoms with E-state index in [2.05, 4.69) is 10.2 Å². The molecular formula is C30H43ClF2N4O3. The lowest BCUT2D eigenvalue weighted by atomic mass is 9.81. The van der Waals surface area contributed by atoms with Crippen molar-refractivity contribution >= 4 is 30.3 Å². The number of imide groups is 1. The summed E-state index contributed by atoms with van der Waals surface area (Å²) >= 11 is 0. The number of urea groups is 1. The third kappa shape index (κ3) is 5.73. The molecule has 0 aromatic heterocycles. The van der Waals surface area contributed by atoms with Gasteiger partial charge in [0.25, 0.3) is 5.91 Å². The van der Waals surface area contributed by atoms with Gasteiger partial charge in [-0.05, 0) is 63.9 Å².